The molecule has 1 N–H and O–H groups in total. The summed E-state index contributed by atoms with van der Waals surface area (Å²) in [6.45, 7) is 4.15. The number of allylic oxidation sites excluding steroid dienone is 1. The van der Waals surface area contributed by atoms with Crippen molar-refractivity contribution in [2.45, 2.75) is 39.2 Å². The maximum Gasteiger partial charge on any atom is 0.338 e. The number of non-ortho nitro benzene ring substituents is 1. The fourth-order valence-corrected chi connectivity index (χ4v) is 2.96. The van der Waals surface area contributed by atoms with Crippen molar-refractivity contribution < 1.29 is 14.5 Å². The molecule has 2 aromatic rings. The lowest BCUT2D eigenvalue weighted by molar-refractivity contribution is -0.384. The van der Waals surface area contributed by atoms with Crippen LogP contribution in [0.25, 0.3) is 0 Å². The number of benzene rings is 1. The minimum atomic E-state index is -0.629. The first kappa shape index (κ1) is 18.5. The number of fused-ring (bicyclic) bond motifs is 1. The molecule has 2 heterocycles. The monoisotopic (exact) mass is 372 g/mol. The van der Waals surface area contributed by atoms with Crippen LogP contribution in [0, 0.1) is 10.1 Å². The molecule has 0 fully saturated rings. The first-order chi connectivity index (χ1) is 13.0. The Hall–Kier alpha value is -3.30. The molecule has 1 aromatic carbocycles. The van der Waals surface area contributed by atoms with Gasteiger partial charge in [0.05, 0.1) is 17.1 Å². The molecule has 0 radical (unpaired) electrons. The first-order valence-electron chi connectivity index (χ1n) is 8.70. The Morgan fingerprint density at radius 3 is 2.74 bits per heavy atom. The second kappa shape index (κ2) is 7.94. The first-order valence-corrected chi connectivity index (χ1v) is 8.70. The Morgan fingerprint density at radius 1 is 1.33 bits per heavy atom. The number of nitro groups is 1. The van der Waals surface area contributed by atoms with Crippen molar-refractivity contribution in [2.75, 3.05) is 11.9 Å². The molecular weight excluding hydrogens is 352 g/mol. The topological polar surface area (TPSA) is 125 Å². The standard InChI is InChI=1S/C17H20N6O4/c1-3-4-5-10-27-16(24)14-11(2)18-17-19-20-21-22(17)15(14)12-6-8-13(9-7-12)23(25)26/h6-9,15H,3-5,10H2,1-2H3,(H,18,19,21)/t15-/m1/s1. The molecule has 3 rings (SSSR count). The maximum absolute atomic E-state index is 12.8. The van der Waals surface area contributed by atoms with Crippen LogP contribution in [-0.4, -0.2) is 37.7 Å². The second-order valence-electron chi connectivity index (χ2n) is 6.20. The van der Waals surface area contributed by atoms with E-state index in [1.54, 1.807) is 19.1 Å². The van der Waals surface area contributed by atoms with Crippen LogP contribution in [-0.2, 0) is 9.53 Å². The summed E-state index contributed by atoms with van der Waals surface area (Å²) >= 11 is 0. The maximum atomic E-state index is 12.8. The van der Waals surface area contributed by atoms with Gasteiger partial charge in [0.15, 0.2) is 0 Å². The molecule has 0 saturated heterocycles. The third kappa shape index (κ3) is 3.78. The van der Waals surface area contributed by atoms with Crippen LogP contribution in [0.15, 0.2) is 35.5 Å². The number of ether oxygens (including phenoxy) is 1. The fraction of sp³-hybridized carbons (Fsp3) is 0.412. The summed E-state index contributed by atoms with van der Waals surface area (Å²) in [6.07, 6.45) is 2.80. The van der Waals surface area contributed by atoms with Crippen molar-refractivity contribution in [3.63, 3.8) is 0 Å². The van der Waals surface area contributed by atoms with E-state index < -0.39 is 16.9 Å². The van der Waals surface area contributed by atoms with E-state index in [9.17, 15) is 14.9 Å². The summed E-state index contributed by atoms with van der Waals surface area (Å²) in [6, 6.07) is 5.34. The van der Waals surface area contributed by atoms with Gasteiger partial charge < -0.3 is 10.1 Å². The average molecular weight is 372 g/mol. The molecule has 1 aliphatic heterocycles. The van der Waals surface area contributed by atoms with Gasteiger partial charge in [-0.05, 0) is 41.5 Å². The Labute approximate surface area is 155 Å². The molecule has 1 aromatic heterocycles. The second-order valence-corrected chi connectivity index (χ2v) is 6.20. The van der Waals surface area contributed by atoms with Crippen LogP contribution in [0.5, 0.6) is 0 Å². The molecule has 0 spiro atoms. The number of aromatic nitrogens is 4. The van der Waals surface area contributed by atoms with E-state index in [1.807, 2.05) is 0 Å². The van der Waals surface area contributed by atoms with E-state index in [0.29, 0.717) is 29.4 Å². The molecule has 0 saturated carbocycles. The van der Waals surface area contributed by atoms with Gasteiger partial charge in [0, 0.05) is 17.8 Å². The van der Waals surface area contributed by atoms with Gasteiger partial charge in [-0.25, -0.2) is 4.79 Å². The number of esters is 1. The Kier molecular flexibility index (Phi) is 5.43. The zero-order chi connectivity index (χ0) is 19.4. The molecule has 27 heavy (non-hydrogen) atoms. The minimum absolute atomic E-state index is 0.0333. The molecule has 1 aliphatic rings. The van der Waals surface area contributed by atoms with E-state index in [0.717, 1.165) is 19.3 Å². The van der Waals surface area contributed by atoms with Crippen molar-refractivity contribution in [3.05, 3.63) is 51.2 Å². The molecule has 1 atom stereocenters. The van der Waals surface area contributed by atoms with E-state index in [4.69, 9.17) is 4.74 Å². The molecule has 142 valence electrons. The molecule has 0 bridgehead atoms. The average Bonchev–Trinajstić information content (AvgIpc) is 3.12. The number of carbonyl (C=O) groups excluding carboxylic acids is 1. The van der Waals surface area contributed by atoms with Crippen LogP contribution >= 0.6 is 0 Å². The van der Waals surface area contributed by atoms with Crippen molar-refractivity contribution >= 4 is 17.6 Å². The van der Waals surface area contributed by atoms with Crippen LogP contribution < -0.4 is 5.32 Å². The lowest BCUT2D eigenvalue weighted by Gasteiger charge is -2.27. The van der Waals surface area contributed by atoms with Gasteiger partial charge in [0.1, 0.15) is 6.04 Å². The summed E-state index contributed by atoms with van der Waals surface area (Å²) in [7, 11) is 0. The van der Waals surface area contributed by atoms with Crippen LogP contribution in [0.2, 0.25) is 0 Å². The summed E-state index contributed by atoms with van der Waals surface area (Å²) in [5, 5.41) is 25.4. The number of nitrogens with zero attached hydrogens (tertiary/aromatic N) is 5. The zero-order valence-corrected chi connectivity index (χ0v) is 15.1. The van der Waals surface area contributed by atoms with Gasteiger partial charge in [-0.15, -0.1) is 0 Å². The van der Waals surface area contributed by atoms with Gasteiger partial charge >= 0.3 is 5.97 Å². The van der Waals surface area contributed by atoms with Gasteiger partial charge in [0.2, 0.25) is 5.95 Å². The number of unbranched alkanes of at least 4 members (excludes halogenated alkanes) is 2. The number of nitrogens with one attached hydrogen (secondary N) is 1. The Morgan fingerprint density at radius 2 is 2.07 bits per heavy atom. The summed E-state index contributed by atoms with van der Waals surface area (Å²) in [4.78, 5) is 23.2. The molecule has 0 unspecified atom stereocenters. The normalized spacial score (nSPS) is 15.9. The van der Waals surface area contributed by atoms with Crippen molar-refractivity contribution in [3.8, 4) is 0 Å². The van der Waals surface area contributed by atoms with E-state index in [-0.39, 0.29) is 5.69 Å². The Balaban J connectivity index is 1.94. The van der Waals surface area contributed by atoms with Gasteiger partial charge in [-0.2, -0.15) is 4.68 Å². The fourth-order valence-electron chi connectivity index (χ4n) is 2.96. The summed E-state index contributed by atoms with van der Waals surface area (Å²) in [5.41, 5.74) is 1.57. The van der Waals surface area contributed by atoms with E-state index in [2.05, 4.69) is 27.8 Å². The largest absolute Gasteiger partial charge is 0.462 e. The predicted molar refractivity (Wildman–Crippen MR) is 95.9 cm³/mol. The third-order valence-corrected chi connectivity index (χ3v) is 4.33. The van der Waals surface area contributed by atoms with Crippen molar-refractivity contribution in [1.29, 1.82) is 0 Å². The highest BCUT2D eigenvalue weighted by Crippen LogP contribution is 2.35. The van der Waals surface area contributed by atoms with Gasteiger partial charge in [-0.3, -0.25) is 10.1 Å². The number of nitro benzene ring substituents is 1. The van der Waals surface area contributed by atoms with Crippen LogP contribution in [0.4, 0.5) is 11.6 Å². The highest BCUT2D eigenvalue weighted by atomic mass is 16.6. The smallest absolute Gasteiger partial charge is 0.338 e. The number of carbonyl (C=O) groups is 1. The zero-order valence-electron chi connectivity index (χ0n) is 15.1. The summed E-state index contributed by atoms with van der Waals surface area (Å²) < 4.78 is 6.90. The Bertz CT molecular complexity index is 874. The summed E-state index contributed by atoms with van der Waals surface area (Å²) in [5.74, 6) is -0.0704. The van der Waals surface area contributed by atoms with Crippen molar-refractivity contribution in [2.24, 2.45) is 0 Å². The molecule has 10 nitrogen and oxygen atoms in total. The predicted octanol–water partition coefficient (Wildman–Crippen LogP) is 2.60. The molecular formula is C17H20N6O4. The lowest BCUT2D eigenvalue weighted by Crippen LogP contribution is -2.29. The minimum Gasteiger partial charge on any atom is -0.462 e. The van der Waals surface area contributed by atoms with Gasteiger partial charge in [0.25, 0.3) is 5.69 Å². The van der Waals surface area contributed by atoms with Crippen molar-refractivity contribution in [1.82, 2.24) is 20.2 Å². The molecule has 0 aliphatic carbocycles. The highest BCUT2D eigenvalue weighted by molar-refractivity contribution is 5.92. The molecule has 0 amide bonds. The highest BCUT2D eigenvalue weighted by Gasteiger charge is 2.35. The number of rotatable bonds is 7. The van der Waals surface area contributed by atoms with Gasteiger partial charge in [-0.1, -0.05) is 24.9 Å². The number of anilines is 1. The SMILES string of the molecule is CCCCCOC(=O)C1=C(C)Nc2nnnn2[C@@H]1c1ccc([N+](=O)[O-])cc1. The van der Waals surface area contributed by atoms with E-state index >= 15 is 0 Å². The quantitative estimate of drug-likeness (QED) is 0.340. The van der Waals surface area contributed by atoms with Crippen LogP contribution in [0.3, 0.4) is 0 Å². The van der Waals surface area contributed by atoms with Crippen LogP contribution in [0.1, 0.15) is 44.7 Å². The number of hydrogen-bond donors (Lipinski definition) is 1. The third-order valence-electron chi connectivity index (χ3n) is 4.33. The molecule has 10 heteroatoms. The number of hydrogen-bond acceptors (Lipinski definition) is 8. The number of tetrazole rings is 1. The lowest BCUT2D eigenvalue weighted by atomic mass is 9.95. The van der Waals surface area contributed by atoms with E-state index in [1.165, 1.54) is 16.8 Å².